The van der Waals surface area contributed by atoms with Crippen LogP contribution >= 0.6 is 11.3 Å². The summed E-state index contributed by atoms with van der Waals surface area (Å²) in [4.78, 5) is 4.32. The predicted molar refractivity (Wildman–Crippen MR) is 137 cm³/mol. The standard InChI is InChI=1S/C26H32F5N3O2S2/c1-25(28,26(29,30)31)18-7-9-20(10-8-18)33-12-11-32(38(35,36)24-6-3-13-37-24)16-23(33)17-34-21-4-2-5-22(34)15-19(27)14-21/h3,6-10,13,19,21-23H,2,4-5,11-12,14-17H2,1H3/t19?,21?,22?,23-,25+/m1/s1. The van der Waals surface area contributed by atoms with Gasteiger partial charge in [-0.15, -0.1) is 11.3 Å². The van der Waals surface area contributed by atoms with E-state index in [2.05, 4.69) is 4.90 Å². The van der Waals surface area contributed by atoms with Crippen molar-refractivity contribution in [3.05, 3.63) is 47.3 Å². The highest BCUT2D eigenvalue weighted by atomic mass is 32.2. The number of alkyl halides is 5. The number of hydrogen-bond donors (Lipinski definition) is 0. The molecule has 0 amide bonds. The Morgan fingerprint density at radius 2 is 1.66 bits per heavy atom. The van der Waals surface area contributed by atoms with Gasteiger partial charge in [0.15, 0.2) is 0 Å². The van der Waals surface area contributed by atoms with Gasteiger partial charge in [0.1, 0.15) is 10.4 Å². The maximum atomic E-state index is 14.5. The summed E-state index contributed by atoms with van der Waals surface area (Å²) < 4.78 is 96.9. The summed E-state index contributed by atoms with van der Waals surface area (Å²) in [5, 5.41) is 1.71. The molecule has 0 saturated carbocycles. The zero-order valence-corrected chi connectivity index (χ0v) is 22.7. The second-order valence-electron chi connectivity index (χ2n) is 10.7. The van der Waals surface area contributed by atoms with Gasteiger partial charge in [0.25, 0.3) is 10.0 Å². The molecule has 38 heavy (non-hydrogen) atoms. The summed E-state index contributed by atoms with van der Waals surface area (Å²) in [5.74, 6) is 0. The van der Waals surface area contributed by atoms with Gasteiger partial charge in [-0.2, -0.15) is 17.5 Å². The molecule has 2 bridgehead atoms. The highest BCUT2D eigenvalue weighted by Gasteiger charge is 2.53. The third kappa shape index (κ3) is 5.21. The Hall–Kier alpha value is -1.76. The van der Waals surface area contributed by atoms with Crippen molar-refractivity contribution in [3.63, 3.8) is 0 Å². The number of benzene rings is 1. The van der Waals surface area contributed by atoms with E-state index in [1.807, 2.05) is 4.90 Å². The minimum atomic E-state index is -5.04. The van der Waals surface area contributed by atoms with E-state index in [0.717, 1.165) is 42.7 Å². The van der Waals surface area contributed by atoms with Crippen molar-refractivity contribution < 1.29 is 30.4 Å². The molecule has 12 heteroatoms. The number of hydrogen-bond acceptors (Lipinski definition) is 5. The fraction of sp³-hybridized carbons (Fsp3) is 0.615. The molecule has 2 unspecified atom stereocenters. The summed E-state index contributed by atoms with van der Waals surface area (Å²) in [6, 6.07) is 8.39. The van der Waals surface area contributed by atoms with Crippen molar-refractivity contribution in [2.24, 2.45) is 0 Å². The maximum absolute atomic E-state index is 14.5. The Kier molecular flexibility index (Phi) is 7.56. The van der Waals surface area contributed by atoms with Gasteiger partial charge in [-0.25, -0.2) is 17.2 Å². The van der Waals surface area contributed by atoms with Crippen molar-refractivity contribution in [1.82, 2.24) is 9.21 Å². The monoisotopic (exact) mass is 577 g/mol. The van der Waals surface area contributed by atoms with Gasteiger partial charge in [0, 0.05) is 44.0 Å². The molecule has 210 valence electrons. The van der Waals surface area contributed by atoms with Crippen molar-refractivity contribution in [1.29, 1.82) is 0 Å². The van der Waals surface area contributed by atoms with Crippen LogP contribution in [0.1, 0.15) is 44.6 Å². The molecular weight excluding hydrogens is 545 g/mol. The molecule has 1 aromatic heterocycles. The fourth-order valence-corrected chi connectivity index (χ4v) is 8.77. The Labute approximate surface area is 224 Å². The van der Waals surface area contributed by atoms with Crippen molar-refractivity contribution in [3.8, 4) is 0 Å². The fourth-order valence-electron chi connectivity index (χ4n) is 6.16. The number of halogens is 5. The van der Waals surface area contributed by atoms with E-state index < -0.39 is 33.6 Å². The number of anilines is 1. The summed E-state index contributed by atoms with van der Waals surface area (Å²) in [5.41, 5.74) is -3.36. The van der Waals surface area contributed by atoms with Crippen LogP contribution in [0.15, 0.2) is 46.0 Å². The number of fused-ring (bicyclic) bond motifs is 2. The first kappa shape index (κ1) is 27.8. The maximum Gasteiger partial charge on any atom is 0.426 e. The molecule has 3 fully saturated rings. The SMILES string of the molecule is C[C@](F)(c1ccc(N2CCN(S(=O)(=O)c3cccs3)C[C@@H]2CN2C3CCCC2CC(F)C3)cc1)C(F)(F)F. The van der Waals surface area contributed by atoms with Crippen LogP contribution in [0.4, 0.5) is 27.6 Å². The second-order valence-corrected chi connectivity index (χ2v) is 13.8. The summed E-state index contributed by atoms with van der Waals surface area (Å²) in [6.07, 6.45) is -2.14. The lowest BCUT2D eigenvalue weighted by Crippen LogP contribution is -2.62. The van der Waals surface area contributed by atoms with E-state index >= 15 is 0 Å². The summed E-state index contributed by atoms with van der Waals surface area (Å²) >= 11 is 1.15. The molecule has 3 aliphatic heterocycles. The lowest BCUT2D eigenvalue weighted by molar-refractivity contribution is -0.228. The van der Waals surface area contributed by atoms with Crippen LogP contribution in [0, 0.1) is 0 Å². The lowest BCUT2D eigenvalue weighted by Gasteiger charge is -2.51. The molecule has 0 radical (unpaired) electrons. The Bertz CT molecular complexity index is 1190. The van der Waals surface area contributed by atoms with Crippen LogP contribution in [0.5, 0.6) is 0 Å². The Morgan fingerprint density at radius 1 is 1.00 bits per heavy atom. The van der Waals surface area contributed by atoms with Crippen LogP contribution < -0.4 is 4.90 Å². The number of nitrogens with zero attached hydrogens (tertiary/aromatic N) is 3. The van der Waals surface area contributed by atoms with Gasteiger partial charge in [0.2, 0.25) is 5.67 Å². The molecule has 5 rings (SSSR count). The molecule has 3 saturated heterocycles. The minimum absolute atomic E-state index is 0.0880. The first-order chi connectivity index (χ1) is 17.9. The van der Waals surface area contributed by atoms with Gasteiger partial charge in [-0.3, -0.25) is 4.90 Å². The second kappa shape index (κ2) is 10.3. The molecule has 4 atom stereocenters. The zero-order chi connectivity index (χ0) is 27.3. The molecule has 0 spiro atoms. The van der Waals surface area contributed by atoms with Gasteiger partial charge < -0.3 is 4.90 Å². The Morgan fingerprint density at radius 3 is 2.24 bits per heavy atom. The lowest BCUT2D eigenvalue weighted by atomic mass is 9.83. The van der Waals surface area contributed by atoms with E-state index in [0.29, 0.717) is 38.5 Å². The molecule has 3 aliphatic rings. The van der Waals surface area contributed by atoms with Crippen LogP contribution in [-0.2, 0) is 15.7 Å². The summed E-state index contributed by atoms with van der Waals surface area (Å²) in [7, 11) is -3.70. The third-order valence-corrected chi connectivity index (χ3v) is 11.5. The van der Waals surface area contributed by atoms with Crippen LogP contribution in [-0.4, -0.2) is 74.3 Å². The average Bonchev–Trinajstić information content (AvgIpc) is 3.40. The highest BCUT2D eigenvalue weighted by Crippen LogP contribution is 2.43. The number of rotatable bonds is 6. The van der Waals surface area contributed by atoms with Crippen molar-refractivity contribution >= 4 is 27.0 Å². The Balaban J connectivity index is 1.43. The van der Waals surface area contributed by atoms with Gasteiger partial charge >= 0.3 is 6.18 Å². The van der Waals surface area contributed by atoms with E-state index in [4.69, 9.17) is 0 Å². The van der Waals surface area contributed by atoms with E-state index in [1.165, 1.54) is 16.4 Å². The minimum Gasteiger partial charge on any atom is -0.365 e. The smallest absolute Gasteiger partial charge is 0.365 e. The van der Waals surface area contributed by atoms with Gasteiger partial charge in [-0.1, -0.05) is 24.6 Å². The zero-order valence-electron chi connectivity index (χ0n) is 21.1. The quantitative estimate of drug-likeness (QED) is 0.412. The molecule has 2 aromatic rings. The van der Waals surface area contributed by atoms with Crippen molar-refractivity contribution in [2.75, 3.05) is 31.1 Å². The van der Waals surface area contributed by atoms with Gasteiger partial charge in [-0.05, 0) is 61.7 Å². The molecule has 1 aromatic carbocycles. The van der Waals surface area contributed by atoms with E-state index in [9.17, 15) is 30.4 Å². The van der Waals surface area contributed by atoms with E-state index in [1.54, 1.807) is 17.5 Å². The molecule has 0 N–H and O–H groups in total. The molecule has 4 heterocycles. The first-order valence-electron chi connectivity index (χ1n) is 12.9. The molecular formula is C26H32F5N3O2S2. The van der Waals surface area contributed by atoms with Crippen molar-refractivity contribution in [2.45, 2.75) is 79.4 Å². The number of piperidine rings is 2. The summed E-state index contributed by atoms with van der Waals surface area (Å²) in [6.45, 7) is 1.76. The average molecular weight is 578 g/mol. The first-order valence-corrected chi connectivity index (χ1v) is 15.3. The van der Waals surface area contributed by atoms with E-state index in [-0.39, 0.29) is 35.4 Å². The normalized spacial score (nSPS) is 29.3. The highest BCUT2D eigenvalue weighted by molar-refractivity contribution is 7.91. The number of sulfonamides is 1. The molecule has 0 aliphatic carbocycles. The molecule has 5 nitrogen and oxygen atoms in total. The third-order valence-electron chi connectivity index (χ3n) is 8.30. The largest absolute Gasteiger partial charge is 0.426 e. The van der Waals surface area contributed by atoms with Gasteiger partial charge in [0.05, 0.1) is 6.04 Å². The topological polar surface area (TPSA) is 43.9 Å². The number of piperazine rings is 1. The predicted octanol–water partition coefficient (Wildman–Crippen LogP) is 5.73. The van der Waals surface area contributed by atoms with Crippen LogP contribution in [0.2, 0.25) is 0 Å². The van der Waals surface area contributed by atoms with Crippen LogP contribution in [0.3, 0.4) is 0 Å². The number of thiophene rings is 1. The van der Waals surface area contributed by atoms with Crippen LogP contribution in [0.25, 0.3) is 0 Å².